The van der Waals surface area contributed by atoms with Gasteiger partial charge in [-0.25, -0.2) is 0 Å². The highest BCUT2D eigenvalue weighted by atomic mass is 79.9. The molecule has 1 aromatic carbocycles. The summed E-state index contributed by atoms with van der Waals surface area (Å²) < 4.78 is 1.09. The van der Waals surface area contributed by atoms with Gasteiger partial charge in [0.25, 0.3) is 0 Å². The van der Waals surface area contributed by atoms with Gasteiger partial charge in [0.15, 0.2) is 0 Å². The van der Waals surface area contributed by atoms with Crippen LogP contribution in [0.1, 0.15) is 37.7 Å². The van der Waals surface area contributed by atoms with Gasteiger partial charge in [0, 0.05) is 16.3 Å². The molecule has 0 aliphatic heterocycles. The molecule has 1 amide bonds. The Balaban J connectivity index is 1.66. The predicted molar refractivity (Wildman–Crippen MR) is 85.3 cm³/mol. The van der Waals surface area contributed by atoms with Gasteiger partial charge in [0.1, 0.15) is 0 Å². The van der Waals surface area contributed by atoms with Gasteiger partial charge in [-0.1, -0.05) is 47.3 Å². The summed E-state index contributed by atoms with van der Waals surface area (Å²) in [6.45, 7) is 0. The minimum Gasteiger partial charge on any atom is -0.353 e. The molecule has 1 aromatic rings. The van der Waals surface area contributed by atoms with Crippen LogP contribution in [0.3, 0.4) is 0 Å². The van der Waals surface area contributed by atoms with Crippen molar-refractivity contribution in [3.8, 4) is 0 Å². The van der Waals surface area contributed by atoms with E-state index in [0.717, 1.165) is 23.1 Å². The number of halogens is 1. The summed E-state index contributed by atoms with van der Waals surface area (Å²) in [5, 5.41) is 3.15. The molecule has 0 bridgehead atoms. The fourth-order valence-electron chi connectivity index (χ4n) is 2.40. The van der Waals surface area contributed by atoms with E-state index in [1.165, 1.54) is 24.8 Å². The fraction of sp³-hybridized carbons (Fsp3) is 0.533. The topological polar surface area (TPSA) is 29.1 Å². The highest BCUT2D eigenvalue weighted by Crippen LogP contribution is 2.19. The molecule has 0 spiro atoms. The van der Waals surface area contributed by atoms with E-state index in [0.29, 0.717) is 11.8 Å². The lowest BCUT2D eigenvalue weighted by Crippen LogP contribution is -2.37. The zero-order valence-corrected chi connectivity index (χ0v) is 13.4. The molecule has 0 radical (unpaired) electrons. The summed E-state index contributed by atoms with van der Waals surface area (Å²) in [6, 6.07) is 8.67. The van der Waals surface area contributed by atoms with Gasteiger partial charge >= 0.3 is 0 Å². The standard InChI is InChI=1S/C15H20BrNOS/c16-13-6-4-5-12(9-13)10-19-11-15(18)17-14-7-2-1-3-8-14/h4-6,9,14H,1-3,7-8,10-11H2,(H,17,18). The molecule has 1 fully saturated rings. The van der Waals surface area contributed by atoms with Crippen molar-refractivity contribution in [2.75, 3.05) is 5.75 Å². The summed E-state index contributed by atoms with van der Waals surface area (Å²) in [5.41, 5.74) is 1.25. The molecule has 0 atom stereocenters. The van der Waals surface area contributed by atoms with Crippen LogP contribution in [0.5, 0.6) is 0 Å². The first kappa shape index (κ1) is 14.9. The van der Waals surface area contributed by atoms with Crippen molar-refractivity contribution in [2.45, 2.75) is 43.9 Å². The van der Waals surface area contributed by atoms with E-state index in [2.05, 4.69) is 33.4 Å². The van der Waals surface area contributed by atoms with Crippen molar-refractivity contribution >= 4 is 33.6 Å². The third-order valence-corrected chi connectivity index (χ3v) is 4.86. The third-order valence-electron chi connectivity index (χ3n) is 3.36. The van der Waals surface area contributed by atoms with Crippen LogP contribution in [0.4, 0.5) is 0 Å². The summed E-state index contributed by atoms with van der Waals surface area (Å²) in [6.07, 6.45) is 6.15. The normalized spacial score (nSPS) is 16.3. The van der Waals surface area contributed by atoms with Crippen molar-refractivity contribution < 1.29 is 4.79 Å². The molecule has 1 saturated carbocycles. The lowest BCUT2D eigenvalue weighted by atomic mass is 9.95. The molecule has 0 aromatic heterocycles. The molecule has 4 heteroatoms. The highest BCUT2D eigenvalue weighted by molar-refractivity contribution is 9.10. The Morgan fingerprint density at radius 1 is 1.32 bits per heavy atom. The van der Waals surface area contributed by atoms with Crippen LogP contribution >= 0.6 is 27.7 Å². The van der Waals surface area contributed by atoms with E-state index < -0.39 is 0 Å². The average Bonchev–Trinajstić information content (AvgIpc) is 2.40. The van der Waals surface area contributed by atoms with Crippen LogP contribution in [0, 0.1) is 0 Å². The molecule has 2 nitrogen and oxygen atoms in total. The molecule has 0 unspecified atom stereocenters. The Kier molecular flexibility index (Phi) is 6.24. The van der Waals surface area contributed by atoms with Crippen molar-refractivity contribution in [3.63, 3.8) is 0 Å². The molecule has 1 N–H and O–H groups in total. The van der Waals surface area contributed by atoms with E-state index in [9.17, 15) is 4.79 Å². The fourth-order valence-corrected chi connectivity index (χ4v) is 3.64. The first-order valence-corrected chi connectivity index (χ1v) is 8.80. The summed E-state index contributed by atoms with van der Waals surface area (Å²) in [7, 11) is 0. The number of benzene rings is 1. The smallest absolute Gasteiger partial charge is 0.230 e. The number of amides is 1. The first-order valence-electron chi connectivity index (χ1n) is 6.85. The predicted octanol–water partition coefficient (Wildman–Crippen LogP) is 4.13. The number of rotatable bonds is 5. The van der Waals surface area contributed by atoms with Crippen LogP contribution in [0.25, 0.3) is 0 Å². The van der Waals surface area contributed by atoms with Crippen LogP contribution in [0.15, 0.2) is 28.7 Å². The number of nitrogens with one attached hydrogen (secondary N) is 1. The maximum atomic E-state index is 11.8. The zero-order valence-electron chi connectivity index (χ0n) is 11.0. The summed E-state index contributed by atoms with van der Waals surface area (Å²) >= 11 is 5.14. The molecule has 2 rings (SSSR count). The van der Waals surface area contributed by atoms with Gasteiger partial charge in [0.05, 0.1) is 5.75 Å². The molecule has 1 aliphatic rings. The lowest BCUT2D eigenvalue weighted by molar-refractivity contribution is -0.119. The Morgan fingerprint density at radius 3 is 2.84 bits per heavy atom. The molecular formula is C15H20BrNOS. The van der Waals surface area contributed by atoms with Gasteiger partial charge in [0.2, 0.25) is 5.91 Å². The molecule has 0 heterocycles. The quantitative estimate of drug-likeness (QED) is 0.872. The third kappa shape index (κ3) is 5.57. The number of carbonyl (C=O) groups excluding carboxylic acids is 1. The molecule has 104 valence electrons. The first-order chi connectivity index (χ1) is 9.24. The van der Waals surface area contributed by atoms with E-state index >= 15 is 0 Å². The molecule has 1 aliphatic carbocycles. The Morgan fingerprint density at radius 2 is 2.11 bits per heavy atom. The number of thioether (sulfide) groups is 1. The van der Waals surface area contributed by atoms with E-state index in [4.69, 9.17) is 0 Å². The van der Waals surface area contributed by atoms with E-state index in [-0.39, 0.29) is 5.91 Å². The second kappa shape index (κ2) is 7.95. The minimum absolute atomic E-state index is 0.187. The Hall–Kier alpha value is -0.480. The van der Waals surface area contributed by atoms with Gasteiger partial charge in [-0.2, -0.15) is 0 Å². The van der Waals surface area contributed by atoms with Crippen LogP contribution in [0.2, 0.25) is 0 Å². The summed E-state index contributed by atoms with van der Waals surface area (Å²) in [5.74, 6) is 1.63. The van der Waals surface area contributed by atoms with Crippen LogP contribution < -0.4 is 5.32 Å². The van der Waals surface area contributed by atoms with Crippen molar-refractivity contribution in [3.05, 3.63) is 34.3 Å². The van der Waals surface area contributed by atoms with Gasteiger partial charge in [-0.15, -0.1) is 11.8 Å². The molecule has 19 heavy (non-hydrogen) atoms. The van der Waals surface area contributed by atoms with Crippen LogP contribution in [-0.4, -0.2) is 17.7 Å². The van der Waals surface area contributed by atoms with Crippen LogP contribution in [-0.2, 0) is 10.5 Å². The number of hydrogen-bond donors (Lipinski definition) is 1. The Bertz CT molecular complexity index is 418. The van der Waals surface area contributed by atoms with E-state index in [1.807, 2.05) is 12.1 Å². The lowest BCUT2D eigenvalue weighted by Gasteiger charge is -2.22. The Labute approximate surface area is 127 Å². The van der Waals surface area contributed by atoms with Gasteiger partial charge < -0.3 is 5.32 Å². The molecular weight excluding hydrogens is 322 g/mol. The average molecular weight is 342 g/mol. The largest absolute Gasteiger partial charge is 0.353 e. The summed E-state index contributed by atoms with van der Waals surface area (Å²) in [4.78, 5) is 11.8. The highest BCUT2D eigenvalue weighted by Gasteiger charge is 2.15. The zero-order chi connectivity index (χ0) is 13.5. The maximum Gasteiger partial charge on any atom is 0.230 e. The minimum atomic E-state index is 0.187. The second-order valence-electron chi connectivity index (χ2n) is 5.03. The van der Waals surface area contributed by atoms with Crippen molar-refractivity contribution in [1.82, 2.24) is 5.32 Å². The second-order valence-corrected chi connectivity index (χ2v) is 6.93. The SMILES string of the molecule is O=C(CSCc1cccc(Br)c1)NC1CCCCC1. The van der Waals surface area contributed by atoms with Gasteiger partial charge in [-0.05, 0) is 30.5 Å². The van der Waals surface area contributed by atoms with E-state index in [1.54, 1.807) is 11.8 Å². The molecule has 0 saturated heterocycles. The maximum absolute atomic E-state index is 11.8. The van der Waals surface area contributed by atoms with Crippen molar-refractivity contribution in [1.29, 1.82) is 0 Å². The van der Waals surface area contributed by atoms with Crippen molar-refractivity contribution in [2.24, 2.45) is 0 Å². The van der Waals surface area contributed by atoms with Gasteiger partial charge in [-0.3, -0.25) is 4.79 Å². The monoisotopic (exact) mass is 341 g/mol. The number of carbonyl (C=O) groups is 1. The number of hydrogen-bond acceptors (Lipinski definition) is 2.